The molecule has 118 valence electrons. The first kappa shape index (κ1) is 17.4. The van der Waals surface area contributed by atoms with Crippen molar-refractivity contribution in [3.05, 3.63) is 24.3 Å². The first-order valence-corrected chi connectivity index (χ1v) is 7.55. The van der Waals surface area contributed by atoms with Crippen LogP contribution in [-0.4, -0.2) is 40.1 Å². The lowest BCUT2D eigenvalue weighted by molar-refractivity contribution is -0.133. The van der Waals surface area contributed by atoms with E-state index in [-0.39, 0.29) is 11.7 Å². The molecule has 7 nitrogen and oxygen atoms in total. The number of benzene rings is 1. The summed E-state index contributed by atoms with van der Waals surface area (Å²) in [6.45, 7) is 2.69. The summed E-state index contributed by atoms with van der Waals surface area (Å²) in [5.74, 6) is -0.278. The predicted octanol–water partition coefficient (Wildman–Crippen LogP) is 0.899. The molecule has 1 rings (SSSR count). The van der Waals surface area contributed by atoms with Gasteiger partial charge in [-0.2, -0.15) is 0 Å². The summed E-state index contributed by atoms with van der Waals surface area (Å²) in [7, 11) is -1.16. The van der Waals surface area contributed by atoms with Crippen LogP contribution in [0.15, 0.2) is 29.2 Å². The Hall–Kier alpha value is -1.64. The molecular weight excluding hydrogens is 298 g/mol. The molecule has 0 fully saturated rings. The highest BCUT2D eigenvalue weighted by Crippen LogP contribution is 2.27. The molecule has 1 amide bonds. The summed E-state index contributed by atoms with van der Waals surface area (Å²) < 4.78 is 33.3. The van der Waals surface area contributed by atoms with Crippen LogP contribution in [0.1, 0.15) is 13.8 Å². The van der Waals surface area contributed by atoms with Gasteiger partial charge in [-0.1, -0.05) is 0 Å². The fourth-order valence-electron chi connectivity index (χ4n) is 1.47. The zero-order valence-electron chi connectivity index (χ0n) is 12.4. The van der Waals surface area contributed by atoms with Crippen molar-refractivity contribution in [3.8, 4) is 5.75 Å². The molecule has 8 heteroatoms. The molecule has 0 radical (unpaired) electrons. The minimum Gasteiger partial charge on any atom is -0.468 e. The molecular formula is C13H19NO6S. The number of hydrogen-bond acceptors (Lipinski definition) is 6. The standard InChI is InChI=1S/C13H19NO6S/c1-13(2,12(15)14-19-4)21(16,17)11-7-5-10(6-8-11)20-9-18-3/h5-8H,9H2,1-4H3,(H,14,15). The smallest absolute Gasteiger partial charge is 0.264 e. The molecule has 0 saturated carbocycles. The SMILES string of the molecule is COCOc1ccc(S(=O)(=O)C(C)(C)C(=O)NOC)cc1. The number of rotatable bonds is 7. The second kappa shape index (κ2) is 6.88. The average Bonchev–Trinajstić information content (AvgIpc) is 2.45. The van der Waals surface area contributed by atoms with Crippen LogP contribution in [0.25, 0.3) is 0 Å². The minimum absolute atomic E-state index is 0.0171. The minimum atomic E-state index is -3.88. The highest BCUT2D eigenvalue weighted by atomic mass is 32.2. The number of methoxy groups -OCH3 is 1. The molecule has 0 aliphatic heterocycles. The molecule has 1 N–H and O–H groups in total. The number of amides is 1. The van der Waals surface area contributed by atoms with Crippen LogP contribution in [0.3, 0.4) is 0 Å². The van der Waals surface area contributed by atoms with E-state index in [4.69, 9.17) is 9.47 Å². The summed E-state index contributed by atoms with van der Waals surface area (Å²) in [6, 6.07) is 5.75. The summed E-state index contributed by atoms with van der Waals surface area (Å²) in [4.78, 5) is 16.3. The molecule has 0 aliphatic rings. The fraction of sp³-hybridized carbons (Fsp3) is 0.462. The third-order valence-corrected chi connectivity index (χ3v) is 5.31. The Balaban J connectivity index is 3.04. The fourth-order valence-corrected chi connectivity index (χ4v) is 2.84. The van der Waals surface area contributed by atoms with Crippen molar-refractivity contribution in [2.24, 2.45) is 0 Å². The normalized spacial score (nSPS) is 12.0. The van der Waals surface area contributed by atoms with Gasteiger partial charge >= 0.3 is 0 Å². The van der Waals surface area contributed by atoms with Crippen molar-refractivity contribution in [1.82, 2.24) is 5.48 Å². The van der Waals surface area contributed by atoms with Crippen LogP contribution < -0.4 is 10.2 Å². The van der Waals surface area contributed by atoms with Gasteiger partial charge < -0.3 is 9.47 Å². The van der Waals surface area contributed by atoms with Crippen molar-refractivity contribution in [3.63, 3.8) is 0 Å². The monoisotopic (exact) mass is 317 g/mol. The molecule has 1 aromatic rings. The van der Waals surface area contributed by atoms with E-state index < -0.39 is 20.5 Å². The topological polar surface area (TPSA) is 90.9 Å². The average molecular weight is 317 g/mol. The summed E-state index contributed by atoms with van der Waals surface area (Å²) >= 11 is 0. The van der Waals surface area contributed by atoms with E-state index in [0.29, 0.717) is 5.75 Å². The first-order valence-electron chi connectivity index (χ1n) is 6.07. The maximum atomic E-state index is 12.5. The molecule has 0 saturated heterocycles. The highest BCUT2D eigenvalue weighted by Gasteiger charge is 2.43. The Morgan fingerprint density at radius 2 is 1.76 bits per heavy atom. The van der Waals surface area contributed by atoms with Crippen molar-refractivity contribution in [1.29, 1.82) is 0 Å². The summed E-state index contributed by atoms with van der Waals surface area (Å²) in [5, 5.41) is 0. The number of nitrogens with one attached hydrogen (secondary N) is 1. The largest absolute Gasteiger partial charge is 0.468 e. The van der Waals surface area contributed by atoms with Crippen LogP contribution in [0.4, 0.5) is 0 Å². The first-order chi connectivity index (χ1) is 9.77. The van der Waals surface area contributed by atoms with Crippen LogP contribution in [0.2, 0.25) is 0 Å². The molecule has 0 aliphatic carbocycles. The van der Waals surface area contributed by atoms with E-state index in [0.717, 1.165) is 0 Å². The maximum absolute atomic E-state index is 12.5. The number of hydroxylamine groups is 1. The molecule has 1 aromatic carbocycles. The number of sulfone groups is 1. The van der Waals surface area contributed by atoms with E-state index in [1.165, 1.54) is 52.3 Å². The zero-order chi connectivity index (χ0) is 16.1. The van der Waals surface area contributed by atoms with Crippen LogP contribution in [0, 0.1) is 0 Å². The molecule has 0 unspecified atom stereocenters. The number of ether oxygens (including phenoxy) is 2. The number of carbonyl (C=O) groups is 1. The maximum Gasteiger partial charge on any atom is 0.264 e. The van der Waals surface area contributed by atoms with Crippen molar-refractivity contribution < 1.29 is 27.5 Å². The van der Waals surface area contributed by atoms with E-state index in [9.17, 15) is 13.2 Å². The van der Waals surface area contributed by atoms with Gasteiger partial charge in [-0.05, 0) is 38.1 Å². The van der Waals surface area contributed by atoms with Crippen molar-refractivity contribution >= 4 is 15.7 Å². The Labute approximate surface area is 124 Å². The zero-order valence-corrected chi connectivity index (χ0v) is 13.2. The second-order valence-electron chi connectivity index (χ2n) is 4.67. The quantitative estimate of drug-likeness (QED) is 0.593. The molecule has 0 atom stereocenters. The lowest BCUT2D eigenvalue weighted by Gasteiger charge is -2.23. The predicted molar refractivity (Wildman–Crippen MR) is 75.4 cm³/mol. The van der Waals surface area contributed by atoms with E-state index in [1.807, 2.05) is 5.48 Å². The van der Waals surface area contributed by atoms with Gasteiger partial charge in [0.2, 0.25) is 0 Å². The Morgan fingerprint density at radius 1 is 1.19 bits per heavy atom. The molecule has 0 heterocycles. The van der Waals surface area contributed by atoms with Gasteiger partial charge in [0, 0.05) is 7.11 Å². The van der Waals surface area contributed by atoms with Crippen LogP contribution in [-0.2, 0) is 24.2 Å². The van der Waals surface area contributed by atoms with Gasteiger partial charge in [0.25, 0.3) is 5.91 Å². The van der Waals surface area contributed by atoms with Gasteiger partial charge in [-0.15, -0.1) is 0 Å². The lowest BCUT2D eigenvalue weighted by atomic mass is 10.2. The molecule has 0 spiro atoms. The Morgan fingerprint density at radius 3 is 2.24 bits per heavy atom. The van der Waals surface area contributed by atoms with E-state index >= 15 is 0 Å². The molecule has 0 aromatic heterocycles. The molecule has 21 heavy (non-hydrogen) atoms. The Kier molecular flexibility index (Phi) is 5.70. The van der Waals surface area contributed by atoms with Crippen LogP contribution >= 0.6 is 0 Å². The second-order valence-corrected chi connectivity index (χ2v) is 7.17. The van der Waals surface area contributed by atoms with Crippen molar-refractivity contribution in [2.45, 2.75) is 23.5 Å². The van der Waals surface area contributed by atoms with Gasteiger partial charge in [0.1, 0.15) is 5.75 Å². The number of hydrogen-bond donors (Lipinski definition) is 1. The van der Waals surface area contributed by atoms with Gasteiger partial charge in [-0.25, -0.2) is 13.9 Å². The number of carbonyl (C=O) groups excluding carboxylic acids is 1. The third kappa shape index (κ3) is 3.72. The summed E-state index contributed by atoms with van der Waals surface area (Å²) in [5.41, 5.74) is 2.04. The van der Waals surface area contributed by atoms with E-state index in [1.54, 1.807) is 0 Å². The van der Waals surface area contributed by atoms with Gasteiger partial charge in [0.05, 0.1) is 12.0 Å². The molecule has 0 bridgehead atoms. The van der Waals surface area contributed by atoms with Crippen LogP contribution in [0.5, 0.6) is 5.75 Å². The summed E-state index contributed by atoms with van der Waals surface area (Å²) in [6.07, 6.45) is 0. The van der Waals surface area contributed by atoms with Gasteiger partial charge in [-0.3, -0.25) is 9.63 Å². The lowest BCUT2D eigenvalue weighted by Crippen LogP contribution is -2.47. The third-order valence-electron chi connectivity index (χ3n) is 2.89. The highest BCUT2D eigenvalue weighted by molar-refractivity contribution is 7.93. The van der Waals surface area contributed by atoms with Gasteiger partial charge in [0.15, 0.2) is 21.4 Å². The Bertz CT molecular complexity index is 579. The van der Waals surface area contributed by atoms with E-state index in [2.05, 4.69) is 4.84 Å². The van der Waals surface area contributed by atoms with Crippen molar-refractivity contribution in [2.75, 3.05) is 21.0 Å².